The lowest BCUT2D eigenvalue weighted by atomic mass is 10.2. The molecular formula is C22H18ClN5O4S. The molecule has 2 amide bonds. The van der Waals surface area contributed by atoms with Crippen LogP contribution in [0.2, 0.25) is 5.02 Å². The minimum absolute atomic E-state index is 0.273. The molecule has 0 fully saturated rings. The molecule has 5 rings (SSSR count). The zero-order valence-electron chi connectivity index (χ0n) is 17.2. The van der Waals surface area contributed by atoms with Crippen molar-refractivity contribution in [2.75, 3.05) is 25.1 Å². The molecule has 11 heteroatoms. The fourth-order valence-corrected chi connectivity index (χ4v) is 4.29. The molecule has 0 atom stereocenters. The Balaban J connectivity index is 1.17. The van der Waals surface area contributed by atoms with E-state index in [1.807, 2.05) is 17.5 Å². The van der Waals surface area contributed by atoms with E-state index in [0.29, 0.717) is 47.7 Å². The maximum absolute atomic E-state index is 12.2. The number of fused-ring (bicyclic) bond motifs is 2. The van der Waals surface area contributed by atoms with Crippen molar-refractivity contribution < 1.29 is 19.1 Å². The van der Waals surface area contributed by atoms with Crippen molar-refractivity contribution >= 4 is 45.4 Å². The minimum Gasteiger partial charge on any atom is -0.486 e. The van der Waals surface area contributed by atoms with Crippen LogP contribution in [0.3, 0.4) is 0 Å². The number of nitrogens with one attached hydrogen (secondary N) is 2. The van der Waals surface area contributed by atoms with Gasteiger partial charge in [-0.25, -0.2) is 4.52 Å². The maximum atomic E-state index is 12.2. The van der Waals surface area contributed by atoms with Crippen LogP contribution in [0.1, 0.15) is 5.69 Å². The van der Waals surface area contributed by atoms with E-state index in [-0.39, 0.29) is 6.54 Å². The van der Waals surface area contributed by atoms with Gasteiger partial charge in [0.25, 0.3) is 0 Å². The van der Waals surface area contributed by atoms with Gasteiger partial charge in [-0.15, -0.1) is 16.4 Å². The number of carbonyl (C=O) groups is 2. The average Bonchev–Trinajstić information content (AvgIpc) is 3.41. The molecule has 0 saturated carbocycles. The van der Waals surface area contributed by atoms with E-state index in [4.69, 9.17) is 21.1 Å². The van der Waals surface area contributed by atoms with Crippen molar-refractivity contribution in [1.29, 1.82) is 0 Å². The number of aromatic nitrogens is 3. The third-order valence-electron chi connectivity index (χ3n) is 4.93. The van der Waals surface area contributed by atoms with Gasteiger partial charge in [0.2, 0.25) is 4.96 Å². The van der Waals surface area contributed by atoms with E-state index >= 15 is 0 Å². The van der Waals surface area contributed by atoms with Crippen LogP contribution >= 0.6 is 22.9 Å². The van der Waals surface area contributed by atoms with Gasteiger partial charge in [-0.3, -0.25) is 9.59 Å². The average molecular weight is 484 g/mol. The van der Waals surface area contributed by atoms with Gasteiger partial charge in [0, 0.05) is 40.7 Å². The molecule has 2 N–H and O–H groups in total. The number of nitrogens with zero attached hydrogens (tertiary/aromatic N) is 3. The molecule has 0 spiro atoms. The Kier molecular flexibility index (Phi) is 5.84. The van der Waals surface area contributed by atoms with E-state index in [9.17, 15) is 9.59 Å². The lowest BCUT2D eigenvalue weighted by Gasteiger charge is -2.18. The second-order valence-corrected chi connectivity index (χ2v) is 8.46. The van der Waals surface area contributed by atoms with Crippen molar-refractivity contribution in [2.24, 2.45) is 0 Å². The first-order valence-corrected chi connectivity index (χ1v) is 11.4. The standard InChI is InChI=1S/C22H18ClN5O4S/c23-14-3-1-13(2-4-14)19-26-22-28(27-19)16(12-33-22)7-8-24-20(29)21(30)25-15-5-6-17-18(11-15)32-10-9-31-17/h1-6,11-12H,7-10H2,(H,24,29)(H,25,30). The van der Waals surface area contributed by atoms with Gasteiger partial charge in [-0.1, -0.05) is 11.6 Å². The summed E-state index contributed by atoms with van der Waals surface area (Å²) in [6, 6.07) is 12.3. The van der Waals surface area contributed by atoms with Gasteiger partial charge in [0.1, 0.15) is 13.2 Å². The Labute approximate surface area is 197 Å². The molecule has 0 aliphatic carbocycles. The number of amides is 2. The molecule has 3 heterocycles. The molecular weight excluding hydrogens is 466 g/mol. The normalized spacial score (nSPS) is 12.5. The molecule has 0 radical (unpaired) electrons. The predicted molar refractivity (Wildman–Crippen MR) is 124 cm³/mol. The lowest BCUT2D eigenvalue weighted by Crippen LogP contribution is -2.36. The number of carbonyl (C=O) groups excluding carboxylic acids is 2. The molecule has 0 unspecified atom stereocenters. The topological polar surface area (TPSA) is 107 Å². The maximum Gasteiger partial charge on any atom is 0.313 e. The highest BCUT2D eigenvalue weighted by Crippen LogP contribution is 2.32. The van der Waals surface area contributed by atoms with Gasteiger partial charge in [0.05, 0.1) is 5.69 Å². The zero-order chi connectivity index (χ0) is 22.8. The summed E-state index contributed by atoms with van der Waals surface area (Å²) in [6.07, 6.45) is 0.493. The first-order chi connectivity index (χ1) is 16.1. The van der Waals surface area contributed by atoms with E-state index in [0.717, 1.165) is 16.2 Å². The highest BCUT2D eigenvalue weighted by atomic mass is 35.5. The van der Waals surface area contributed by atoms with Gasteiger partial charge < -0.3 is 20.1 Å². The number of hydrogen-bond acceptors (Lipinski definition) is 7. The van der Waals surface area contributed by atoms with Crippen LogP contribution in [-0.2, 0) is 16.0 Å². The Morgan fingerprint density at radius 3 is 2.67 bits per heavy atom. The fraction of sp³-hybridized carbons (Fsp3) is 0.182. The molecule has 168 valence electrons. The van der Waals surface area contributed by atoms with Crippen LogP contribution in [0.5, 0.6) is 11.5 Å². The fourth-order valence-electron chi connectivity index (χ4n) is 3.31. The smallest absolute Gasteiger partial charge is 0.313 e. The first-order valence-electron chi connectivity index (χ1n) is 10.1. The number of hydrogen-bond donors (Lipinski definition) is 2. The minimum atomic E-state index is -0.757. The predicted octanol–water partition coefficient (Wildman–Crippen LogP) is 3.18. The highest BCUT2D eigenvalue weighted by Gasteiger charge is 2.17. The van der Waals surface area contributed by atoms with Crippen LogP contribution in [0.25, 0.3) is 16.3 Å². The Morgan fingerprint density at radius 2 is 1.85 bits per heavy atom. The molecule has 0 bridgehead atoms. The Hall–Kier alpha value is -3.63. The second kappa shape index (κ2) is 9.08. The summed E-state index contributed by atoms with van der Waals surface area (Å²) in [5.41, 5.74) is 2.21. The van der Waals surface area contributed by atoms with Crippen molar-refractivity contribution in [3.05, 3.63) is 58.6 Å². The SMILES string of the molecule is O=C(NCCc1csc2nc(-c3ccc(Cl)cc3)nn12)C(=O)Nc1ccc2c(c1)OCCO2. The van der Waals surface area contributed by atoms with Crippen LogP contribution in [0, 0.1) is 0 Å². The van der Waals surface area contributed by atoms with E-state index < -0.39 is 11.8 Å². The van der Waals surface area contributed by atoms with Gasteiger partial charge >= 0.3 is 11.8 Å². The number of thiazole rings is 1. The van der Waals surface area contributed by atoms with Crippen molar-refractivity contribution in [3.8, 4) is 22.9 Å². The molecule has 2 aromatic heterocycles. The number of halogens is 1. The molecule has 0 saturated heterocycles. The number of anilines is 1. The largest absolute Gasteiger partial charge is 0.486 e. The Morgan fingerprint density at radius 1 is 1.06 bits per heavy atom. The van der Waals surface area contributed by atoms with Crippen LogP contribution in [0.15, 0.2) is 47.8 Å². The first kappa shape index (κ1) is 21.2. The molecule has 33 heavy (non-hydrogen) atoms. The second-order valence-electron chi connectivity index (χ2n) is 7.18. The number of benzene rings is 2. The monoisotopic (exact) mass is 483 g/mol. The number of ether oxygens (including phenoxy) is 2. The summed E-state index contributed by atoms with van der Waals surface area (Å²) in [4.78, 5) is 29.7. The summed E-state index contributed by atoms with van der Waals surface area (Å²) in [5.74, 6) is 0.261. The summed E-state index contributed by atoms with van der Waals surface area (Å²) in [7, 11) is 0. The summed E-state index contributed by atoms with van der Waals surface area (Å²) < 4.78 is 12.7. The van der Waals surface area contributed by atoms with E-state index in [2.05, 4.69) is 20.7 Å². The molecule has 4 aromatic rings. The summed E-state index contributed by atoms with van der Waals surface area (Å²) in [5, 5.41) is 12.3. The quantitative estimate of drug-likeness (QED) is 0.422. The number of rotatable bonds is 5. The van der Waals surface area contributed by atoms with Gasteiger partial charge in [-0.2, -0.15) is 4.98 Å². The Bertz CT molecular complexity index is 1330. The van der Waals surface area contributed by atoms with Crippen molar-refractivity contribution in [2.45, 2.75) is 6.42 Å². The van der Waals surface area contributed by atoms with E-state index in [1.165, 1.54) is 11.3 Å². The van der Waals surface area contributed by atoms with Gasteiger partial charge in [-0.05, 0) is 36.4 Å². The lowest BCUT2D eigenvalue weighted by molar-refractivity contribution is -0.136. The van der Waals surface area contributed by atoms with Gasteiger partial charge in [0.15, 0.2) is 17.3 Å². The third kappa shape index (κ3) is 4.62. The summed E-state index contributed by atoms with van der Waals surface area (Å²) >= 11 is 7.40. The molecule has 2 aromatic carbocycles. The van der Waals surface area contributed by atoms with Crippen molar-refractivity contribution in [3.63, 3.8) is 0 Å². The zero-order valence-corrected chi connectivity index (χ0v) is 18.8. The van der Waals surface area contributed by atoms with Crippen molar-refractivity contribution in [1.82, 2.24) is 19.9 Å². The van der Waals surface area contributed by atoms with Crippen LogP contribution in [-0.4, -0.2) is 46.2 Å². The van der Waals surface area contributed by atoms with Crippen LogP contribution < -0.4 is 20.1 Å². The highest BCUT2D eigenvalue weighted by molar-refractivity contribution is 7.15. The molecule has 1 aliphatic heterocycles. The molecule has 1 aliphatic rings. The molecule has 9 nitrogen and oxygen atoms in total. The summed E-state index contributed by atoms with van der Waals surface area (Å²) in [6.45, 7) is 1.19. The van der Waals surface area contributed by atoms with E-state index in [1.54, 1.807) is 34.8 Å². The third-order valence-corrected chi connectivity index (χ3v) is 6.04. The van der Waals surface area contributed by atoms with Crippen LogP contribution in [0.4, 0.5) is 5.69 Å².